The van der Waals surface area contributed by atoms with Crippen LogP contribution in [0.5, 0.6) is 0 Å². The smallest absolute Gasteiger partial charge is 0.298 e. The SMILES string of the molecule is Cc1csc2[nH]c(=O)n(CC3CCC3)c(=O)c12. The van der Waals surface area contributed by atoms with Crippen molar-refractivity contribution in [3.05, 3.63) is 31.8 Å². The molecule has 4 nitrogen and oxygen atoms in total. The Hall–Kier alpha value is -1.36. The first kappa shape index (κ1) is 10.8. The van der Waals surface area contributed by atoms with Gasteiger partial charge in [0.05, 0.1) is 5.39 Å². The van der Waals surface area contributed by atoms with Crippen LogP contribution in [0, 0.1) is 12.8 Å². The molecule has 1 aliphatic rings. The maximum Gasteiger partial charge on any atom is 0.329 e. The second kappa shape index (κ2) is 3.84. The molecule has 5 heteroatoms. The standard InChI is InChI=1S/C12H14N2O2S/c1-7-6-17-10-9(7)11(15)14(12(16)13-10)5-8-3-2-4-8/h6,8H,2-5H2,1H3,(H,13,16). The fourth-order valence-electron chi connectivity index (χ4n) is 2.29. The molecule has 0 unspecified atom stereocenters. The van der Waals surface area contributed by atoms with Crippen LogP contribution in [0.1, 0.15) is 24.8 Å². The summed E-state index contributed by atoms with van der Waals surface area (Å²) in [6, 6.07) is 0. The van der Waals surface area contributed by atoms with Crippen LogP contribution >= 0.6 is 11.3 Å². The molecule has 0 radical (unpaired) electrons. The van der Waals surface area contributed by atoms with E-state index in [0.29, 0.717) is 22.7 Å². The van der Waals surface area contributed by atoms with E-state index < -0.39 is 0 Å². The van der Waals surface area contributed by atoms with Crippen molar-refractivity contribution in [2.24, 2.45) is 5.92 Å². The number of fused-ring (bicyclic) bond motifs is 1. The molecule has 1 aliphatic carbocycles. The predicted octanol–water partition coefficient (Wildman–Crippen LogP) is 1.86. The number of aryl methyl sites for hydroxylation is 1. The van der Waals surface area contributed by atoms with Crippen molar-refractivity contribution in [1.29, 1.82) is 0 Å². The number of hydrogen-bond acceptors (Lipinski definition) is 3. The number of rotatable bonds is 2. The van der Waals surface area contributed by atoms with Gasteiger partial charge in [-0.3, -0.25) is 14.3 Å². The zero-order valence-electron chi connectivity index (χ0n) is 9.66. The largest absolute Gasteiger partial charge is 0.329 e. The fraction of sp³-hybridized carbons (Fsp3) is 0.500. The molecule has 90 valence electrons. The van der Waals surface area contributed by atoms with Crippen LogP contribution in [0.3, 0.4) is 0 Å². The van der Waals surface area contributed by atoms with E-state index in [1.807, 2.05) is 12.3 Å². The minimum atomic E-state index is -0.267. The van der Waals surface area contributed by atoms with Gasteiger partial charge in [-0.05, 0) is 36.6 Å². The van der Waals surface area contributed by atoms with Crippen molar-refractivity contribution < 1.29 is 0 Å². The molecule has 0 spiro atoms. The van der Waals surface area contributed by atoms with Gasteiger partial charge in [0.1, 0.15) is 4.83 Å². The molecule has 0 saturated heterocycles. The summed E-state index contributed by atoms with van der Waals surface area (Å²) >= 11 is 1.42. The highest BCUT2D eigenvalue weighted by Crippen LogP contribution is 2.27. The summed E-state index contributed by atoms with van der Waals surface area (Å²) in [5.74, 6) is 0.505. The monoisotopic (exact) mass is 250 g/mol. The number of aromatic amines is 1. The summed E-state index contributed by atoms with van der Waals surface area (Å²) in [5.41, 5.74) is 0.555. The molecule has 0 amide bonds. The Kier molecular flexibility index (Phi) is 2.43. The first-order chi connectivity index (χ1) is 8.16. The Balaban J connectivity index is 2.19. The Bertz CT molecular complexity index is 676. The summed E-state index contributed by atoms with van der Waals surface area (Å²) in [4.78, 5) is 27.6. The van der Waals surface area contributed by atoms with Gasteiger partial charge in [-0.1, -0.05) is 6.42 Å². The van der Waals surface area contributed by atoms with Crippen molar-refractivity contribution in [3.8, 4) is 0 Å². The lowest BCUT2D eigenvalue weighted by molar-refractivity contribution is 0.270. The minimum Gasteiger partial charge on any atom is -0.298 e. The summed E-state index contributed by atoms with van der Waals surface area (Å²) in [6.45, 7) is 2.48. The summed E-state index contributed by atoms with van der Waals surface area (Å²) in [6.07, 6.45) is 3.48. The highest BCUT2D eigenvalue weighted by molar-refractivity contribution is 7.16. The van der Waals surface area contributed by atoms with Crippen LogP contribution in [0.2, 0.25) is 0 Å². The van der Waals surface area contributed by atoms with E-state index in [9.17, 15) is 9.59 Å². The Morgan fingerprint density at radius 2 is 2.24 bits per heavy atom. The zero-order chi connectivity index (χ0) is 12.0. The third-order valence-electron chi connectivity index (χ3n) is 3.57. The number of aromatic nitrogens is 2. The van der Waals surface area contributed by atoms with E-state index in [1.54, 1.807) is 0 Å². The van der Waals surface area contributed by atoms with E-state index in [1.165, 1.54) is 22.3 Å². The van der Waals surface area contributed by atoms with Crippen molar-refractivity contribution in [3.63, 3.8) is 0 Å². The average molecular weight is 250 g/mol. The van der Waals surface area contributed by atoms with Crippen LogP contribution in [0.25, 0.3) is 10.2 Å². The van der Waals surface area contributed by atoms with Gasteiger partial charge in [-0.2, -0.15) is 0 Å². The number of nitrogens with one attached hydrogen (secondary N) is 1. The van der Waals surface area contributed by atoms with Crippen molar-refractivity contribution in [2.45, 2.75) is 32.7 Å². The highest BCUT2D eigenvalue weighted by Gasteiger charge is 2.20. The summed E-state index contributed by atoms with van der Waals surface area (Å²) in [7, 11) is 0. The van der Waals surface area contributed by atoms with E-state index in [4.69, 9.17) is 0 Å². The summed E-state index contributed by atoms with van der Waals surface area (Å²) < 4.78 is 1.37. The van der Waals surface area contributed by atoms with E-state index in [2.05, 4.69) is 4.98 Å². The lowest BCUT2D eigenvalue weighted by Gasteiger charge is -2.25. The zero-order valence-corrected chi connectivity index (χ0v) is 10.5. The number of hydrogen-bond donors (Lipinski definition) is 1. The molecule has 2 aromatic rings. The Morgan fingerprint density at radius 1 is 1.47 bits per heavy atom. The molecule has 2 aromatic heterocycles. The molecule has 0 aromatic carbocycles. The second-order valence-corrected chi connectivity index (χ2v) is 5.65. The second-order valence-electron chi connectivity index (χ2n) is 4.77. The van der Waals surface area contributed by atoms with Gasteiger partial charge in [-0.25, -0.2) is 4.79 Å². The quantitative estimate of drug-likeness (QED) is 0.884. The third-order valence-corrected chi connectivity index (χ3v) is 4.58. The molecule has 0 atom stereocenters. The van der Waals surface area contributed by atoms with Crippen molar-refractivity contribution in [2.75, 3.05) is 0 Å². The molecule has 0 aliphatic heterocycles. The van der Waals surface area contributed by atoms with E-state index in [0.717, 1.165) is 18.4 Å². The molecule has 0 bridgehead atoms. The van der Waals surface area contributed by atoms with Gasteiger partial charge < -0.3 is 0 Å². The highest BCUT2D eigenvalue weighted by atomic mass is 32.1. The van der Waals surface area contributed by atoms with Crippen LogP contribution < -0.4 is 11.2 Å². The van der Waals surface area contributed by atoms with Crippen LogP contribution in [-0.4, -0.2) is 9.55 Å². The van der Waals surface area contributed by atoms with Crippen LogP contribution in [0.4, 0.5) is 0 Å². The van der Waals surface area contributed by atoms with Gasteiger partial charge in [0, 0.05) is 6.54 Å². The van der Waals surface area contributed by atoms with Gasteiger partial charge in [0.25, 0.3) is 5.56 Å². The lowest BCUT2D eigenvalue weighted by atomic mass is 9.85. The molecular weight excluding hydrogens is 236 g/mol. The van der Waals surface area contributed by atoms with Crippen LogP contribution in [-0.2, 0) is 6.54 Å². The molecule has 2 heterocycles. The first-order valence-corrected chi connectivity index (χ1v) is 6.75. The number of H-pyrrole nitrogens is 1. The first-order valence-electron chi connectivity index (χ1n) is 5.87. The normalized spacial score (nSPS) is 16.3. The molecular formula is C12H14N2O2S. The van der Waals surface area contributed by atoms with Gasteiger partial charge in [-0.15, -0.1) is 11.3 Å². The van der Waals surface area contributed by atoms with Crippen molar-refractivity contribution in [1.82, 2.24) is 9.55 Å². The molecule has 1 N–H and O–H groups in total. The Labute approximate surface area is 102 Å². The third kappa shape index (κ3) is 1.65. The molecule has 1 saturated carbocycles. The number of thiophene rings is 1. The van der Waals surface area contributed by atoms with E-state index >= 15 is 0 Å². The van der Waals surface area contributed by atoms with Gasteiger partial charge >= 0.3 is 5.69 Å². The topological polar surface area (TPSA) is 54.9 Å². The van der Waals surface area contributed by atoms with E-state index in [-0.39, 0.29) is 11.2 Å². The number of nitrogens with zero attached hydrogens (tertiary/aromatic N) is 1. The minimum absolute atomic E-state index is 0.130. The Morgan fingerprint density at radius 3 is 2.88 bits per heavy atom. The van der Waals surface area contributed by atoms with Gasteiger partial charge in [0.15, 0.2) is 0 Å². The predicted molar refractivity (Wildman–Crippen MR) is 68.8 cm³/mol. The van der Waals surface area contributed by atoms with Gasteiger partial charge in [0.2, 0.25) is 0 Å². The average Bonchev–Trinajstić information content (AvgIpc) is 2.57. The lowest BCUT2D eigenvalue weighted by Crippen LogP contribution is -2.38. The maximum atomic E-state index is 12.3. The maximum absolute atomic E-state index is 12.3. The van der Waals surface area contributed by atoms with Crippen LogP contribution in [0.15, 0.2) is 15.0 Å². The molecule has 3 rings (SSSR count). The van der Waals surface area contributed by atoms with Crippen molar-refractivity contribution >= 4 is 21.6 Å². The fourth-order valence-corrected chi connectivity index (χ4v) is 3.22. The molecule has 1 fully saturated rings. The molecule has 17 heavy (non-hydrogen) atoms. The summed E-state index contributed by atoms with van der Waals surface area (Å²) in [5, 5.41) is 2.59.